The second kappa shape index (κ2) is 4.37. The number of anilines is 1. The van der Waals surface area contributed by atoms with Crippen molar-refractivity contribution in [1.82, 2.24) is 0 Å². The first-order valence-corrected chi connectivity index (χ1v) is 7.39. The van der Waals surface area contributed by atoms with E-state index in [1.807, 2.05) is 12.1 Å². The molecule has 0 heterocycles. The summed E-state index contributed by atoms with van der Waals surface area (Å²) in [6.45, 7) is 0. The Morgan fingerprint density at radius 1 is 1.25 bits per heavy atom. The van der Waals surface area contributed by atoms with Gasteiger partial charge < -0.3 is 5.32 Å². The van der Waals surface area contributed by atoms with Crippen LogP contribution in [0.3, 0.4) is 0 Å². The Balaban J connectivity index is 1.74. The van der Waals surface area contributed by atoms with Crippen molar-refractivity contribution in [3.8, 4) is 0 Å². The molecular weight excluding hydrogens is 333 g/mol. The van der Waals surface area contributed by atoms with E-state index in [1.165, 1.54) is 34.9 Å². The van der Waals surface area contributed by atoms with E-state index >= 15 is 0 Å². The number of nitrogens with one attached hydrogen (secondary N) is 1. The van der Waals surface area contributed by atoms with Gasteiger partial charge in [0.05, 0.1) is 0 Å². The first-order chi connectivity index (χ1) is 7.72. The molecular formula is C13H15ClIN. The van der Waals surface area contributed by atoms with Crippen molar-refractivity contribution < 1.29 is 0 Å². The second-order valence-electron chi connectivity index (χ2n) is 5.05. The highest BCUT2D eigenvalue weighted by Gasteiger charge is 2.39. The second-order valence-corrected chi connectivity index (χ2v) is 6.65. The third kappa shape index (κ3) is 2.06. The van der Waals surface area contributed by atoms with E-state index < -0.39 is 0 Å². The molecule has 1 aromatic rings. The summed E-state index contributed by atoms with van der Waals surface area (Å²) in [5, 5.41) is 4.52. The summed E-state index contributed by atoms with van der Waals surface area (Å²) in [7, 11) is 0. The molecule has 0 radical (unpaired) electrons. The van der Waals surface area contributed by atoms with Gasteiger partial charge in [0.1, 0.15) is 0 Å². The summed E-state index contributed by atoms with van der Waals surface area (Å²) in [5.41, 5.74) is 1.25. The number of rotatable bonds is 2. The summed E-state index contributed by atoms with van der Waals surface area (Å²) in [6, 6.07) is 6.81. The average Bonchev–Trinajstić information content (AvgIpc) is 2.84. The van der Waals surface area contributed by atoms with Crippen LogP contribution in [0, 0.1) is 15.4 Å². The third-order valence-corrected chi connectivity index (χ3v) is 5.14. The molecule has 2 fully saturated rings. The lowest BCUT2D eigenvalue weighted by Crippen LogP contribution is -2.26. The molecule has 0 spiro atoms. The molecule has 1 N–H and O–H groups in total. The Hall–Kier alpha value is 0.0400. The number of fused-ring (bicyclic) bond motifs is 2. The molecule has 0 aliphatic heterocycles. The molecule has 3 atom stereocenters. The molecule has 16 heavy (non-hydrogen) atoms. The van der Waals surface area contributed by atoms with E-state index in [1.54, 1.807) is 0 Å². The van der Waals surface area contributed by atoms with Crippen LogP contribution in [0.4, 0.5) is 5.69 Å². The third-order valence-electron chi connectivity index (χ3n) is 4.01. The van der Waals surface area contributed by atoms with E-state index in [-0.39, 0.29) is 0 Å². The van der Waals surface area contributed by atoms with Crippen LogP contribution in [-0.2, 0) is 0 Å². The smallest absolute Gasteiger partial charge is 0.0479 e. The van der Waals surface area contributed by atoms with Crippen LogP contribution in [0.25, 0.3) is 0 Å². The van der Waals surface area contributed by atoms with E-state index in [4.69, 9.17) is 11.6 Å². The zero-order chi connectivity index (χ0) is 11.1. The average molecular weight is 348 g/mol. The molecule has 1 nitrogen and oxygen atoms in total. The summed E-state index contributed by atoms with van der Waals surface area (Å²) >= 11 is 8.32. The van der Waals surface area contributed by atoms with Gasteiger partial charge in [-0.3, -0.25) is 0 Å². The molecule has 86 valence electrons. The fourth-order valence-electron chi connectivity index (χ4n) is 3.23. The minimum Gasteiger partial charge on any atom is -0.381 e. The molecule has 3 rings (SSSR count). The van der Waals surface area contributed by atoms with Crippen molar-refractivity contribution in [1.29, 1.82) is 0 Å². The summed E-state index contributed by atoms with van der Waals surface area (Å²) < 4.78 is 1.23. The van der Waals surface area contributed by atoms with E-state index in [0.29, 0.717) is 6.04 Å². The van der Waals surface area contributed by atoms with Gasteiger partial charge in [-0.15, -0.1) is 0 Å². The molecule has 2 bridgehead atoms. The summed E-state index contributed by atoms with van der Waals surface area (Å²) in [4.78, 5) is 0. The van der Waals surface area contributed by atoms with Crippen molar-refractivity contribution >= 4 is 39.9 Å². The van der Waals surface area contributed by atoms with Gasteiger partial charge in [0, 0.05) is 20.3 Å². The molecule has 0 aromatic heterocycles. The Kier molecular flexibility index (Phi) is 3.05. The highest BCUT2D eigenvalue weighted by Crippen LogP contribution is 2.45. The molecule has 2 saturated carbocycles. The fraction of sp³-hybridized carbons (Fsp3) is 0.538. The Bertz CT molecular complexity index is 407. The van der Waals surface area contributed by atoms with Crippen molar-refractivity contribution in [2.75, 3.05) is 5.32 Å². The number of halogens is 2. The highest BCUT2D eigenvalue weighted by atomic mass is 127. The molecule has 1 aromatic carbocycles. The predicted octanol–water partition coefficient (Wildman–Crippen LogP) is 4.55. The first-order valence-electron chi connectivity index (χ1n) is 5.94. The van der Waals surface area contributed by atoms with Crippen LogP contribution >= 0.6 is 34.2 Å². The van der Waals surface area contributed by atoms with Gasteiger partial charge in [-0.25, -0.2) is 0 Å². The van der Waals surface area contributed by atoms with Gasteiger partial charge in [0.25, 0.3) is 0 Å². The van der Waals surface area contributed by atoms with Crippen molar-refractivity contribution in [3.05, 3.63) is 26.8 Å². The topological polar surface area (TPSA) is 12.0 Å². The standard InChI is InChI=1S/C13H15ClIN/c14-10-3-4-12(11(15)7-10)16-13-6-8-1-2-9(13)5-8/h3-4,7-9,13,16H,1-2,5-6H2. The van der Waals surface area contributed by atoms with Crippen LogP contribution in [0.15, 0.2) is 18.2 Å². The lowest BCUT2D eigenvalue weighted by molar-refractivity contribution is 0.439. The summed E-state index contributed by atoms with van der Waals surface area (Å²) in [5.74, 6) is 1.91. The molecule has 2 aliphatic carbocycles. The SMILES string of the molecule is Clc1ccc(NC2CC3CCC2C3)c(I)c1. The van der Waals surface area contributed by atoms with Crippen LogP contribution in [0.2, 0.25) is 5.02 Å². The van der Waals surface area contributed by atoms with Gasteiger partial charge in [0.15, 0.2) is 0 Å². The predicted molar refractivity (Wildman–Crippen MR) is 77.0 cm³/mol. The van der Waals surface area contributed by atoms with E-state index in [0.717, 1.165) is 16.9 Å². The van der Waals surface area contributed by atoms with Crippen LogP contribution in [0.1, 0.15) is 25.7 Å². The van der Waals surface area contributed by atoms with Crippen molar-refractivity contribution in [2.24, 2.45) is 11.8 Å². The van der Waals surface area contributed by atoms with Gasteiger partial charge in [0.2, 0.25) is 0 Å². The minimum atomic E-state index is 0.702. The van der Waals surface area contributed by atoms with Crippen LogP contribution < -0.4 is 5.32 Å². The monoisotopic (exact) mass is 347 g/mol. The Labute approximate surface area is 115 Å². The zero-order valence-electron chi connectivity index (χ0n) is 9.05. The molecule has 2 aliphatic rings. The zero-order valence-corrected chi connectivity index (χ0v) is 12.0. The highest BCUT2D eigenvalue weighted by molar-refractivity contribution is 14.1. The van der Waals surface area contributed by atoms with Gasteiger partial charge in [-0.2, -0.15) is 0 Å². The molecule has 0 amide bonds. The first kappa shape index (κ1) is 11.1. The van der Waals surface area contributed by atoms with Gasteiger partial charge in [-0.1, -0.05) is 18.0 Å². The van der Waals surface area contributed by atoms with Crippen LogP contribution in [-0.4, -0.2) is 6.04 Å². The number of hydrogen-bond donors (Lipinski definition) is 1. The molecule has 3 unspecified atom stereocenters. The number of hydrogen-bond acceptors (Lipinski definition) is 1. The van der Waals surface area contributed by atoms with Gasteiger partial charge >= 0.3 is 0 Å². The maximum absolute atomic E-state index is 5.96. The van der Waals surface area contributed by atoms with Crippen molar-refractivity contribution in [2.45, 2.75) is 31.7 Å². The summed E-state index contributed by atoms with van der Waals surface area (Å²) in [6.07, 6.45) is 5.69. The largest absolute Gasteiger partial charge is 0.381 e. The fourth-order valence-corrected chi connectivity index (χ4v) is 4.25. The number of benzene rings is 1. The van der Waals surface area contributed by atoms with E-state index in [2.05, 4.69) is 34.0 Å². The van der Waals surface area contributed by atoms with Gasteiger partial charge in [-0.05, 0) is 71.9 Å². The van der Waals surface area contributed by atoms with Crippen molar-refractivity contribution in [3.63, 3.8) is 0 Å². The maximum Gasteiger partial charge on any atom is 0.0479 e. The Morgan fingerprint density at radius 2 is 2.12 bits per heavy atom. The lowest BCUT2D eigenvalue weighted by Gasteiger charge is -2.24. The normalized spacial score (nSPS) is 32.0. The molecule has 3 heteroatoms. The lowest BCUT2D eigenvalue weighted by atomic mass is 9.95. The quantitative estimate of drug-likeness (QED) is 0.774. The minimum absolute atomic E-state index is 0.702. The van der Waals surface area contributed by atoms with Crippen LogP contribution in [0.5, 0.6) is 0 Å². The maximum atomic E-state index is 5.96. The Morgan fingerprint density at radius 3 is 2.75 bits per heavy atom. The van der Waals surface area contributed by atoms with E-state index in [9.17, 15) is 0 Å². The molecule has 0 saturated heterocycles.